The van der Waals surface area contributed by atoms with Gasteiger partial charge in [-0.1, -0.05) is 33.1 Å². The van der Waals surface area contributed by atoms with E-state index in [1.165, 1.54) is 18.2 Å². The number of aliphatic imine (C=N–C) groups is 1. The van der Waals surface area contributed by atoms with Crippen molar-refractivity contribution in [1.82, 2.24) is 9.80 Å². The SMILES string of the molecule is C.C.CN1CCN(C)C(=Nc2ccc([N+](=O)[O-])cc2C(=O)Nc2ccccc2)C1. The molecule has 1 saturated heterocycles. The second-order valence-electron chi connectivity index (χ2n) is 6.47. The van der Waals surface area contributed by atoms with E-state index in [4.69, 9.17) is 0 Å². The first-order valence-electron chi connectivity index (χ1n) is 8.56. The zero-order valence-electron chi connectivity index (χ0n) is 15.3. The molecule has 1 amide bonds. The molecule has 1 N–H and O–H groups in total. The van der Waals surface area contributed by atoms with E-state index in [0.29, 0.717) is 17.9 Å². The number of nitro benzene ring substituents is 1. The maximum Gasteiger partial charge on any atom is 0.270 e. The van der Waals surface area contributed by atoms with E-state index in [1.54, 1.807) is 24.3 Å². The van der Waals surface area contributed by atoms with Gasteiger partial charge >= 0.3 is 0 Å². The van der Waals surface area contributed by atoms with Gasteiger partial charge in [-0.2, -0.15) is 0 Å². The molecule has 2 aromatic rings. The van der Waals surface area contributed by atoms with Gasteiger partial charge in [-0.15, -0.1) is 0 Å². The number of nitrogens with zero attached hydrogens (tertiary/aromatic N) is 4. The molecule has 8 nitrogen and oxygen atoms in total. The molecule has 0 bridgehead atoms. The number of benzene rings is 2. The molecular formula is C21H29N5O3. The standard InChI is InChI=1S/C19H21N5O3.2CH4/c1-22-10-11-23(2)18(13-22)21-17-9-8-15(24(26)27)12-16(17)19(25)20-14-6-4-3-5-7-14;;/h3-9,12H,10-11,13H2,1-2H3,(H,20,25);2*1H4. The lowest BCUT2D eigenvalue weighted by Crippen LogP contribution is -2.46. The molecule has 0 atom stereocenters. The summed E-state index contributed by atoms with van der Waals surface area (Å²) >= 11 is 0. The molecule has 0 unspecified atom stereocenters. The third-order valence-electron chi connectivity index (χ3n) is 4.39. The number of amidine groups is 1. The molecule has 0 spiro atoms. The molecular weight excluding hydrogens is 370 g/mol. The van der Waals surface area contributed by atoms with Crippen LogP contribution in [-0.4, -0.2) is 60.2 Å². The third-order valence-corrected chi connectivity index (χ3v) is 4.39. The average Bonchev–Trinajstić information content (AvgIpc) is 2.65. The Labute approximate surface area is 172 Å². The molecule has 3 rings (SSSR count). The minimum Gasteiger partial charge on any atom is -0.361 e. The molecule has 0 saturated carbocycles. The maximum atomic E-state index is 12.8. The quantitative estimate of drug-likeness (QED) is 0.619. The van der Waals surface area contributed by atoms with Gasteiger partial charge in [-0.25, -0.2) is 4.99 Å². The average molecular weight is 399 g/mol. The number of piperazine rings is 1. The van der Waals surface area contributed by atoms with Crippen LogP contribution >= 0.6 is 0 Å². The van der Waals surface area contributed by atoms with Crippen molar-refractivity contribution in [1.29, 1.82) is 0 Å². The van der Waals surface area contributed by atoms with E-state index < -0.39 is 10.8 Å². The Kier molecular flexibility index (Phi) is 8.47. The number of carbonyl (C=O) groups excluding carboxylic acids is 1. The molecule has 2 aromatic carbocycles. The Morgan fingerprint density at radius 3 is 2.45 bits per heavy atom. The smallest absolute Gasteiger partial charge is 0.270 e. The largest absolute Gasteiger partial charge is 0.361 e. The number of nitrogens with one attached hydrogen (secondary N) is 1. The molecule has 0 radical (unpaired) electrons. The molecule has 29 heavy (non-hydrogen) atoms. The third kappa shape index (κ3) is 5.86. The number of carbonyl (C=O) groups is 1. The number of likely N-dealkylation sites (N-methyl/N-ethyl adjacent to an activating group) is 2. The van der Waals surface area contributed by atoms with Crippen LogP contribution in [0, 0.1) is 10.1 Å². The highest BCUT2D eigenvalue weighted by molar-refractivity contribution is 6.08. The summed E-state index contributed by atoms with van der Waals surface area (Å²) in [5, 5.41) is 13.9. The van der Waals surface area contributed by atoms with Crippen molar-refractivity contribution in [3.8, 4) is 0 Å². The van der Waals surface area contributed by atoms with Crippen LogP contribution in [0.3, 0.4) is 0 Å². The number of amides is 1. The summed E-state index contributed by atoms with van der Waals surface area (Å²) in [6.45, 7) is 2.40. The molecule has 1 fully saturated rings. The van der Waals surface area contributed by atoms with Crippen LogP contribution in [0.25, 0.3) is 0 Å². The van der Waals surface area contributed by atoms with Crippen LogP contribution in [0.4, 0.5) is 17.1 Å². The van der Waals surface area contributed by atoms with E-state index >= 15 is 0 Å². The molecule has 0 aromatic heterocycles. The zero-order chi connectivity index (χ0) is 19.4. The molecule has 156 valence electrons. The van der Waals surface area contributed by atoms with Crippen molar-refractivity contribution in [3.63, 3.8) is 0 Å². The van der Waals surface area contributed by atoms with Crippen molar-refractivity contribution >= 4 is 28.8 Å². The van der Waals surface area contributed by atoms with E-state index in [0.717, 1.165) is 18.9 Å². The van der Waals surface area contributed by atoms with Gasteiger partial charge in [0.2, 0.25) is 0 Å². The van der Waals surface area contributed by atoms with Gasteiger partial charge in [0.1, 0.15) is 5.84 Å². The fourth-order valence-corrected chi connectivity index (χ4v) is 2.79. The first-order valence-corrected chi connectivity index (χ1v) is 8.56. The van der Waals surface area contributed by atoms with E-state index in [1.807, 2.05) is 25.1 Å². The zero-order valence-corrected chi connectivity index (χ0v) is 15.3. The number of anilines is 1. The van der Waals surface area contributed by atoms with Crippen LogP contribution in [0.1, 0.15) is 25.2 Å². The fourth-order valence-electron chi connectivity index (χ4n) is 2.79. The van der Waals surface area contributed by atoms with Crippen LogP contribution in [0.15, 0.2) is 53.5 Å². The number of non-ortho nitro benzene ring substituents is 1. The Hall–Kier alpha value is -3.26. The van der Waals surface area contributed by atoms with Gasteiger partial charge in [0.05, 0.1) is 22.7 Å². The first-order chi connectivity index (χ1) is 12.9. The Morgan fingerprint density at radius 2 is 1.79 bits per heavy atom. The summed E-state index contributed by atoms with van der Waals surface area (Å²) in [6, 6.07) is 13.1. The Morgan fingerprint density at radius 1 is 1.10 bits per heavy atom. The normalized spacial score (nSPS) is 15.2. The lowest BCUT2D eigenvalue weighted by atomic mass is 10.1. The van der Waals surface area contributed by atoms with Crippen molar-refractivity contribution in [2.24, 2.45) is 4.99 Å². The highest BCUT2D eigenvalue weighted by Crippen LogP contribution is 2.26. The summed E-state index contributed by atoms with van der Waals surface area (Å²) in [4.78, 5) is 32.2. The summed E-state index contributed by atoms with van der Waals surface area (Å²) in [7, 11) is 3.95. The van der Waals surface area contributed by atoms with E-state index in [2.05, 4.69) is 15.2 Å². The number of rotatable bonds is 4. The van der Waals surface area contributed by atoms with Gasteiger partial charge in [0.15, 0.2) is 0 Å². The van der Waals surface area contributed by atoms with Crippen LogP contribution in [-0.2, 0) is 0 Å². The van der Waals surface area contributed by atoms with E-state index in [-0.39, 0.29) is 26.1 Å². The summed E-state index contributed by atoms with van der Waals surface area (Å²) in [6.07, 6.45) is 0. The summed E-state index contributed by atoms with van der Waals surface area (Å²) in [5.74, 6) is 0.377. The molecule has 1 aliphatic rings. The minimum atomic E-state index is -0.517. The molecule has 8 heteroatoms. The number of nitro groups is 1. The molecule has 1 heterocycles. The topological polar surface area (TPSA) is 91.1 Å². The summed E-state index contributed by atoms with van der Waals surface area (Å²) in [5.41, 5.74) is 1.04. The predicted octanol–water partition coefficient (Wildman–Crippen LogP) is 4.03. The van der Waals surface area contributed by atoms with Gasteiger partial charge in [0, 0.05) is 38.0 Å². The fraction of sp³-hybridized carbons (Fsp3) is 0.333. The van der Waals surface area contributed by atoms with Crippen LogP contribution in [0.5, 0.6) is 0 Å². The number of hydrogen-bond acceptors (Lipinski definition) is 5. The minimum absolute atomic E-state index is 0. The highest BCUT2D eigenvalue weighted by atomic mass is 16.6. The van der Waals surface area contributed by atoms with Crippen LogP contribution < -0.4 is 5.32 Å². The van der Waals surface area contributed by atoms with Crippen molar-refractivity contribution in [3.05, 3.63) is 64.2 Å². The summed E-state index contributed by atoms with van der Waals surface area (Å²) < 4.78 is 0. The highest BCUT2D eigenvalue weighted by Gasteiger charge is 2.20. The molecule has 1 aliphatic heterocycles. The Bertz CT molecular complexity index is 883. The van der Waals surface area contributed by atoms with Gasteiger partial charge in [-0.3, -0.25) is 19.8 Å². The second kappa shape index (κ2) is 10.3. The first kappa shape index (κ1) is 23.8. The van der Waals surface area contributed by atoms with Gasteiger partial charge in [0.25, 0.3) is 11.6 Å². The number of hydrogen-bond donors (Lipinski definition) is 1. The monoisotopic (exact) mass is 399 g/mol. The van der Waals surface area contributed by atoms with Gasteiger partial charge < -0.3 is 10.2 Å². The Balaban J connectivity index is 0.00000210. The van der Waals surface area contributed by atoms with Crippen molar-refractivity contribution < 1.29 is 9.72 Å². The second-order valence-corrected chi connectivity index (χ2v) is 6.47. The van der Waals surface area contributed by atoms with Crippen LogP contribution in [0.2, 0.25) is 0 Å². The molecule has 0 aliphatic carbocycles. The lowest BCUT2D eigenvalue weighted by molar-refractivity contribution is -0.384. The maximum absolute atomic E-state index is 12.8. The van der Waals surface area contributed by atoms with Crippen molar-refractivity contribution in [2.75, 3.05) is 39.0 Å². The van der Waals surface area contributed by atoms with Gasteiger partial charge in [-0.05, 0) is 25.2 Å². The predicted molar refractivity (Wildman–Crippen MR) is 118 cm³/mol. The lowest BCUT2D eigenvalue weighted by Gasteiger charge is -2.32. The van der Waals surface area contributed by atoms with E-state index in [9.17, 15) is 14.9 Å². The van der Waals surface area contributed by atoms with Crippen molar-refractivity contribution in [2.45, 2.75) is 14.9 Å². The number of para-hydroxylation sites is 1.